The van der Waals surface area contributed by atoms with E-state index in [-0.39, 0.29) is 6.42 Å². The lowest BCUT2D eigenvalue weighted by atomic mass is 10.1. The predicted octanol–water partition coefficient (Wildman–Crippen LogP) is 3.30. The van der Waals surface area contributed by atoms with E-state index in [4.69, 9.17) is 0 Å². The van der Waals surface area contributed by atoms with Crippen LogP contribution in [0.4, 0.5) is 13.2 Å². The number of hydrogen-bond acceptors (Lipinski definition) is 0. The van der Waals surface area contributed by atoms with Crippen LogP contribution < -0.4 is 0 Å². The topological polar surface area (TPSA) is 0 Å². The van der Waals surface area contributed by atoms with Gasteiger partial charge >= 0.3 is 6.18 Å². The average Bonchev–Trinajstić information content (AvgIpc) is 1.81. The quantitative estimate of drug-likeness (QED) is 0.544. The van der Waals surface area contributed by atoms with Gasteiger partial charge in [-0.15, -0.1) is 0 Å². The monoisotopic (exact) mass is 152 g/mol. The standard InChI is InChI=1S/C7H11F3/c1-3-6(2)4-5-7(8,9)10/h2-5H2,1H3. The van der Waals surface area contributed by atoms with Gasteiger partial charge in [-0.2, -0.15) is 13.2 Å². The summed E-state index contributed by atoms with van der Waals surface area (Å²) in [6, 6.07) is 0. The molecule has 0 aromatic carbocycles. The summed E-state index contributed by atoms with van der Waals surface area (Å²) < 4.78 is 34.5. The van der Waals surface area contributed by atoms with Crippen molar-refractivity contribution in [2.24, 2.45) is 0 Å². The Bertz CT molecular complexity index is 113. The van der Waals surface area contributed by atoms with E-state index in [9.17, 15) is 13.2 Å². The van der Waals surface area contributed by atoms with Gasteiger partial charge in [-0.05, 0) is 12.8 Å². The van der Waals surface area contributed by atoms with Gasteiger partial charge in [-0.25, -0.2) is 0 Å². The van der Waals surface area contributed by atoms with E-state index < -0.39 is 12.6 Å². The van der Waals surface area contributed by atoms with Crippen molar-refractivity contribution in [2.45, 2.75) is 32.4 Å². The van der Waals surface area contributed by atoms with Crippen LogP contribution in [-0.2, 0) is 0 Å². The molecule has 0 nitrogen and oxygen atoms in total. The zero-order valence-corrected chi connectivity index (χ0v) is 5.96. The van der Waals surface area contributed by atoms with Gasteiger partial charge in [0.1, 0.15) is 0 Å². The third kappa shape index (κ3) is 5.66. The molecule has 0 bridgehead atoms. The maximum atomic E-state index is 11.5. The molecule has 0 fully saturated rings. The van der Waals surface area contributed by atoms with Crippen LogP contribution in [0.25, 0.3) is 0 Å². The van der Waals surface area contributed by atoms with Crippen molar-refractivity contribution >= 4 is 0 Å². The maximum Gasteiger partial charge on any atom is 0.389 e. The Morgan fingerprint density at radius 3 is 2.20 bits per heavy atom. The largest absolute Gasteiger partial charge is 0.389 e. The normalized spacial score (nSPS) is 11.6. The van der Waals surface area contributed by atoms with E-state index in [1.807, 2.05) is 0 Å². The molecule has 0 unspecified atom stereocenters. The minimum absolute atomic E-state index is 0.0694. The number of allylic oxidation sites excluding steroid dienone is 1. The Labute approximate surface area is 58.7 Å². The minimum Gasteiger partial charge on any atom is -0.171 e. The van der Waals surface area contributed by atoms with Crippen LogP contribution in [0.5, 0.6) is 0 Å². The molecule has 0 heterocycles. The third-order valence-corrected chi connectivity index (χ3v) is 1.26. The molecule has 0 radical (unpaired) electrons. The first-order valence-corrected chi connectivity index (χ1v) is 3.19. The molecular weight excluding hydrogens is 141 g/mol. The highest BCUT2D eigenvalue weighted by atomic mass is 19.4. The van der Waals surface area contributed by atoms with Crippen molar-refractivity contribution in [1.29, 1.82) is 0 Å². The molecule has 0 aromatic rings. The lowest BCUT2D eigenvalue weighted by molar-refractivity contribution is -0.134. The van der Waals surface area contributed by atoms with Gasteiger partial charge in [0.15, 0.2) is 0 Å². The molecule has 60 valence electrons. The lowest BCUT2D eigenvalue weighted by Crippen LogP contribution is -2.06. The zero-order chi connectivity index (χ0) is 8.20. The summed E-state index contributed by atoms with van der Waals surface area (Å²) >= 11 is 0. The molecule has 0 saturated carbocycles. The highest BCUT2D eigenvalue weighted by molar-refractivity contribution is 4.92. The van der Waals surface area contributed by atoms with Crippen molar-refractivity contribution in [3.05, 3.63) is 12.2 Å². The molecule has 3 heteroatoms. The molecule has 0 spiro atoms. The average molecular weight is 152 g/mol. The van der Waals surface area contributed by atoms with Crippen LogP contribution >= 0.6 is 0 Å². The van der Waals surface area contributed by atoms with Crippen molar-refractivity contribution < 1.29 is 13.2 Å². The zero-order valence-electron chi connectivity index (χ0n) is 5.96. The summed E-state index contributed by atoms with van der Waals surface area (Å²) in [5, 5.41) is 0. The van der Waals surface area contributed by atoms with Crippen LogP contribution in [-0.4, -0.2) is 6.18 Å². The summed E-state index contributed by atoms with van der Waals surface area (Å²) in [5.41, 5.74) is 0.664. The Hall–Kier alpha value is -0.470. The molecule has 0 saturated heterocycles. The summed E-state index contributed by atoms with van der Waals surface area (Å²) in [6.45, 7) is 5.28. The Kier molecular flexibility index (Phi) is 3.47. The SMILES string of the molecule is C=C(CC)CCC(F)(F)F. The van der Waals surface area contributed by atoms with Gasteiger partial charge in [0.2, 0.25) is 0 Å². The van der Waals surface area contributed by atoms with Crippen LogP contribution in [0.2, 0.25) is 0 Å². The molecule has 0 aliphatic rings. The molecule has 0 amide bonds. The first kappa shape index (κ1) is 9.53. The second-order valence-electron chi connectivity index (χ2n) is 2.22. The second-order valence-corrected chi connectivity index (χ2v) is 2.22. The van der Waals surface area contributed by atoms with Crippen LogP contribution in [0.3, 0.4) is 0 Å². The van der Waals surface area contributed by atoms with Crippen molar-refractivity contribution in [3.8, 4) is 0 Å². The Balaban J connectivity index is 3.46. The number of rotatable bonds is 3. The molecular formula is C7H11F3. The number of hydrogen-bond donors (Lipinski definition) is 0. The van der Waals surface area contributed by atoms with Gasteiger partial charge in [-0.3, -0.25) is 0 Å². The fraction of sp³-hybridized carbons (Fsp3) is 0.714. The van der Waals surface area contributed by atoms with E-state index in [0.29, 0.717) is 12.0 Å². The second kappa shape index (κ2) is 3.64. The van der Waals surface area contributed by atoms with E-state index >= 15 is 0 Å². The molecule has 0 N–H and O–H groups in total. The highest BCUT2D eigenvalue weighted by Gasteiger charge is 2.26. The summed E-state index contributed by atoms with van der Waals surface area (Å²) in [7, 11) is 0. The molecule has 0 aliphatic carbocycles. The summed E-state index contributed by atoms with van der Waals surface area (Å²) in [4.78, 5) is 0. The first-order chi connectivity index (χ1) is 4.45. The Morgan fingerprint density at radius 1 is 1.40 bits per heavy atom. The molecule has 0 atom stereocenters. The first-order valence-electron chi connectivity index (χ1n) is 3.19. The lowest BCUT2D eigenvalue weighted by Gasteiger charge is -2.05. The fourth-order valence-electron chi connectivity index (χ4n) is 0.495. The molecule has 0 rings (SSSR count). The van der Waals surface area contributed by atoms with Crippen LogP contribution in [0, 0.1) is 0 Å². The summed E-state index contributed by atoms with van der Waals surface area (Å²) in [6.07, 6.45) is -4.06. The van der Waals surface area contributed by atoms with E-state index in [0.717, 1.165) is 0 Å². The van der Waals surface area contributed by atoms with Gasteiger partial charge in [-0.1, -0.05) is 19.1 Å². The maximum absolute atomic E-state index is 11.5. The van der Waals surface area contributed by atoms with Crippen molar-refractivity contribution in [1.82, 2.24) is 0 Å². The van der Waals surface area contributed by atoms with Crippen molar-refractivity contribution in [3.63, 3.8) is 0 Å². The van der Waals surface area contributed by atoms with Gasteiger partial charge in [0.25, 0.3) is 0 Å². The summed E-state index contributed by atoms with van der Waals surface area (Å²) in [5.74, 6) is 0. The van der Waals surface area contributed by atoms with E-state index in [1.54, 1.807) is 6.92 Å². The van der Waals surface area contributed by atoms with Gasteiger partial charge in [0, 0.05) is 6.42 Å². The number of alkyl halides is 3. The van der Waals surface area contributed by atoms with E-state index in [1.165, 1.54) is 0 Å². The van der Waals surface area contributed by atoms with Crippen molar-refractivity contribution in [2.75, 3.05) is 0 Å². The Morgan fingerprint density at radius 2 is 1.90 bits per heavy atom. The van der Waals surface area contributed by atoms with Gasteiger partial charge in [0.05, 0.1) is 0 Å². The third-order valence-electron chi connectivity index (χ3n) is 1.26. The minimum atomic E-state index is -4.03. The number of halogens is 3. The smallest absolute Gasteiger partial charge is 0.171 e. The molecule has 0 aliphatic heterocycles. The molecule has 0 aromatic heterocycles. The fourth-order valence-corrected chi connectivity index (χ4v) is 0.495. The highest BCUT2D eigenvalue weighted by Crippen LogP contribution is 2.23. The van der Waals surface area contributed by atoms with Crippen LogP contribution in [0.1, 0.15) is 26.2 Å². The van der Waals surface area contributed by atoms with Crippen LogP contribution in [0.15, 0.2) is 12.2 Å². The van der Waals surface area contributed by atoms with E-state index in [2.05, 4.69) is 6.58 Å². The van der Waals surface area contributed by atoms with Gasteiger partial charge < -0.3 is 0 Å². The predicted molar refractivity (Wildman–Crippen MR) is 34.7 cm³/mol. The molecule has 10 heavy (non-hydrogen) atoms.